The first-order valence-electron chi connectivity index (χ1n) is 12.0. The van der Waals surface area contributed by atoms with Gasteiger partial charge in [0.15, 0.2) is 0 Å². The summed E-state index contributed by atoms with van der Waals surface area (Å²) in [5.41, 5.74) is 2.29. The van der Waals surface area contributed by atoms with E-state index >= 15 is 0 Å². The van der Waals surface area contributed by atoms with Crippen molar-refractivity contribution in [2.45, 2.75) is 26.7 Å². The van der Waals surface area contributed by atoms with Gasteiger partial charge >= 0.3 is 11.9 Å². The first-order valence-corrected chi connectivity index (χ1v) is 12.0. The van der Waals surface area contributed by atoms with Gasteiger partial charge in [0.25, 0.3) is 17.5 Å². The summed E-state index contributed by atoms with van der Waals surface area (Å²) >= 11 is 0. The molecule has 0 aliphatic carbocycles. The maximum absolute atomic E-state index is 13.4. The number of allylic oxidation sites excluding steroid dienone is 2. The van der Waals surface area contributed by atoms with E-state index in [2.05, 4.69) is 28.8 Å². The Labute approximate surface area is 219 Å². The Kier molecular flexibility index (Phi) is 7.26. The van der Waals surface area contributed by atoms with Crippen LogP contribution in [-0.2, 0) is 16.0 Å². The normalized spacial score (nSPS) is 16.7. The van der Waals surface area contributed by atoms with Gasteiger partial charge in [-0.05, 0) is 73.7 Å². The topological polar surface area (TPSA) is 120 Å². The van der Waals surface area contributed by atoms with E-state index in [1.807, 2.05) is 12.1 Å². The van der Waals surface area contributed by atoms with E-state index in [1.165, 1.54) is 24.3 Å². The lowest BCUT2D eigenvalue weighted by molar-refractivity contribution is -0.123. The molecule has 0 atom stereocenters. The van der Waals surface area contributed by atoms with E-state index < -0.39 is 34.9 Å². The van der Waals surface area contributed by atoms with Crippen LogP contribution in [0.3, 0.4) is 0 Å². The second-order valence-corrected chi connectivity index (χ2v) is 8.92. The molecule has 192 valence electrons. The molecule has 0 radical (unpaired) electrons. The summed E-state index contributed by atoms with van der Waals surface area (Å²) in [4.78, 5) is 55.9. The maximum Gasteiger partial charge on any atom is 0.335 e. The van der Waals surface area contributed by atoms with Crippen molar-refractivity contribution in [1.29, 1.82) is 0 Å². The summed E-state index contributed by atoms with van der Waals surface area (Å²) < 4.78 is 0. The molecule has 2 aromatic rings. The standard InChI is InChI=1S/C29H25N3O6/c1-4-31-12-6-8-19-13-18(10-11-24(19)31)7-5-9-23-17(2)25(30-3)27(34)32(26(23)33)22-15-20(28(35)36)14-21(16-22)29(37)38/h5,7,9-11,13-16H,4,6,8,12H2,1-2H3,(H,35,36)(H,37,38)/b7-5?,23-9-. The molecule has 0 bridgehead atoms. The predicted octanol–water partition coefficient (Wildman–Crippen LogP) is 4.56. The van der Waals surface area contributed by atoms with Crippen molar-refractivity contribution in [2.75, 3.05) is 22.9 Å². The summed E-state index contributed by atoms with van der Waals surface area (Å²) in [6.45, 7) is 13.1. The van der Waals surface area contributed by atoms with E-state index in [0.717, 1.165) is 49.7 Å². The Bertz CT molecular complexity index is 1480. The Hall–Kier alpha value is -4.97. The molecule has 0 spiro atoms. The molecule has 0 unspecified atom stereocenters. The van der Waals surface area contributed by atoms with Crippen LogP contribution in [0.2, 0.25) is 0 Å². The van der Waals surface area contributed by atoms with E-state index in [-0.39, 0.29) is 22.5 Å². The number of aryl methyl sites for hydroxylation is 1. The molecule has 2 aliphatic heterocycles. The van der Waals surface area contributed by atoms with E-state index in [9.17, 15) is 29.4 Å². The molecular formula is C29H25N3O6. The fourth-order valence-corrected chi connectivity index (χ4v) is 4.70. The van der Waals surface area contributed by atoms with Crippen LogP contribution in [0.1, 0.15) is 52.1 Å². The molecule has 38 heavy (non-hydrogen) atoms. The van der Waals surface area contributed by atoms with Crippen molar-refractivity contribution in [1.82, 2.24) is 0 Å². The zero-order valence-corrected chi connectivity index (χ0v) is 20.9. The van der Waals surface area contributed by atoms with Gasteiger partial charge in [0, 0.05) is 24.4 Å². The van der Waals surface area contributed by atoms with Crippen LogP contribution in [0.25, 0.3) is 10.9 Å². The van der Waals surface area contributed by atoms with Gasteiger partial charge in [-0.2, -0.15) is 0 Å². The number of fused-ring (bicyclic) bond motifs is 1. The number of imide groups is 1. The zero-order chi connectivity index (χ0) is 27.6. The van der Waals surface area contributed by atoms with Crippen molar-refractivity contribution < 1.29 is 29.4 Å². The van der Waals surface area contributed by atoms with Crippen LogP contribution < -0.4 is 9.80 Å². The van der Waals surface area contributed by atoms with Gasteiger partial charge in [-0.15, -0.1) is 0 Å². The van der Waals surface area contributed by atoms with Crippen molar-refractivity contribution in [2.24, 2.45) is 0 Å². The third kappa shape index (κ3) is 4.84. The Morgan fingerprint density at radius 2 is 1.74 bits per heavy atom. The molecule has 2 aliphatic rings. The molecule has 4 rings (SSSR count). The van der Waals surface area contributed by atoms with Gasteiger partial charge in [-0.1, -0.05) is 24.3 Å². The minimum atomic E-state index is -1.42. The predicted molar refractivity (Wildman–Crippen MR) is 142 cm³/mol. The lowest BCUT2D eigenvalue weighted by Crippen LogP contribution is -2.42. The van der Waals surface area contributed by atoms with Crippen LogP contribution in [0.5, 0.6) is 0 Å². The van der Waals surface area contributed by atoms with E-state index in [1.54, 1.807) is 6.08 Å². The number of rotatable bonds is 6. The minimum Gasteiger partial charge on any atom is -0.478 e. The molecule has 0 fully saturated rings. The number of carbonyl (C=O) groups is 4. The number of carboxylic acid groups (broad SMARTS) is 2. The highest BCUT2D eigenvalue weighted by atomic mass is 16.4. The van der Waals surface area contributed by atoms with Crippen LogP contribution in [0.4, 0.5) is 11.4 Å². The molecule has 9 nitrogen and oxygen atoms in total. The number of carbonyl (C=O) groups excluding carboxylic acids is 2. The van der Waals surface area contributed by atoms with Crippen LogP contribution in [0, 0.1) is 6.57 Å². The van der Waals surface area contributed by atoms with Gasteiger partial charge in [0.1, 0.15) is 0 Å². The largest absolute Gasteiger partial charge is 0.478 e. The fraction of sp³-hybridized carbons (Fsp3) is 0.207. The summed E-state index contributed by atoms with van der Waals surface area (Å²) in [7, 11) is 0. The zero-order valence-electron chi connectivity index (χ0n) is 20.9. The van der Waals surface area contributed by atoms with Crippen LogP contribution in [0.15, 0.2) is 65.4 Å². The molecule has 2 N–H and O–H groups in total. The molecule has 2 aromatic carbocycles. The number of anilines is 2. The van der Waals surface area contributed by atoms with Crippen molar-refractivity contribution in [3.63, 3.8) is 0 Å². The fourth-order valence-electron chi connectivity index (χ4n) is 4.70. The molecule has 0 saturated heterocycles. The second-order valence-electron chi connectivity index (χ2n) is 8.92. The molecular weight excluding hydrogens is 486 g/mol. The summed E-state index contributed by atoms with van der Waals surface area (Å²) in [6, 6.07) is 9.16. The monoisotopic (exact) mass is 511 g/mol. The number of nitrogens with zero attached hydrogens (tertiary/aromatic N) is 3. The van der Waals surface area contributed by atoms with E-state index in [0.29, 0.717) is 4.90 Å². The Morgan fingerprint density at radius 1 is 1.05 bits per heavy atom. The Morgan fingerprint density at radius 3 is 2.34 bits per heavy atom. The average Bonchev–Trinajstić information content (AvgIpc) is 2.90. The van der Waals surface area contributed by atoms with E-state index in [4.69, 9.17) is 6.57 Å². The van der Waals surface area contributed by atoms with Gasteiger partial charge < -0.3 is 15.1 Å². The third-order valence-electron chi connectivity index (χ3n) is 6.63. The first kappa shape index (κ1) is 26.1. The lowest BCUT2D eigenvalue weighted by atomic mass is 9.96. The molecule has 9 heteroatoms. The van der Waals surface area contributed by atoms with Crippen LogP contribution >= 0.6 is 0 Å². The highest BCUT2D eigenvalue weighted by Gasteiger charge is 2.37. The van der Waals surface area contributed by atoms with Crippen LogP contribution in [-0.4, -0.2) is 47.1 Å². The minimum absolute atomic E-state index is 0.0690. The molecule has 2 amide bonds. The maximum atomic E-state index is 13.4. The molecule has 0 aromatic heterocycles. The number of aromatic carboxylic acids is 2. The number of benzene rings is 2. The van der Waals surface area contributed by atoms with Gasteiger partial charge in [0.05, 0.1) is 23.4 Å². The SMILES string of the molecule is [C-]#[N+]C1=C(C)/C(=C/C=Cc2ccc3c(c2)CCCN3CC)C(=O)N(c2cc(C(=O)O)cc(C(=O)O)c2)C1=O. The Balaban J connectivity index is 1.73. The number of hydrogen-bond donors (Lipinski definition) is 2. The highest BCUT2D eigenvalue weighted by Crippen LogP contribution is 2.32. The first-order chi connectivity index (χ1) is 18.2. The molecule has 0 saturated carbocycles. The number of hydrogen-bond acceptors (Lipinski definition) is 5. The summed E-state index contributed by atoms with van der Waals surface area (Å²) in [5, 5.41) is 18.8. The van der Waals surface area contributed by atoms with Gasteiger partial charge in [0.2, 0.25) is 0 Å². The van der Waals surface area contributed by atoms with Crippen molar-refractivity contribution in [3.05, 3.63) is 99.1 Å². The smallest absolute Gasteiger partial charge is 0.335 e. The van der Waals surface area contributed by atoms with Gasteiger partial charge in [-0.3, -0.25) is 14.5 Å². The van der Waals surface area contributed by atoms with Crippen molar-refractivity contribution >= 4 is 41.2 Å². The van der Waals surface area contributed by atoms with Crippen molar-refractivity contribution in [3.8, 4) is 0 Å². The third-order valence-corrected chi connectivity index (χ3v) is 6.63. The highest BCUT2D eigenvalue weighted by molar-refractivity contribution is 6.31. The molecule has 2 heterocycles. The summed E-state index contributed by atoms with van der Waals surface area (Å²) in [5.74, 6) is -4.58. The lowest BCUT2D eigenvalue weighted by Gasteiger charge is -2.30. The summed E-state index contributed by atoms with van der Waals surface area (Å²) in [6.07, 6.45) is 7.04. The quantitative estimate of drug-likeness (QED) is 0.331. The van der Waals surface area contributed by atoms with Gasteiger partial charge in [-0.25, -0.2) is 14.4 Å². The average molecular weight is 512 g/mol. The second kappa shape index (κ2) is 10.6. The number of amides is 2. The number of carboxylic acids is 2.